The third-order valence-electron chi connectivity index (χ3n) is 5.23. The second-order valence-corrected chi connectivity index (χ2v) is 7.70. The number of methoxy groups -OCH3 is 1. The number of nitrogens with one attached hydrogen (secondary N) is 1. The monoisotopic (exact) mass is 483 g/mol. The molecule has 1 aliphatic rings. The summed E-state index contributed by atoms with van der Waals surface area (Å²) in [6.45, 7) is -0.345. The smallest absolute Gasteiger partial charge is 0.330 e. The minimum atomic E-state index is -4.22. The van der Waals surface area contributed by atoms with Gasteiger partial charge in [0, 0.05) is 37.4 Å². The number of alkyl halides is 4. The maximum absolute atomic E-state index is 12.9. The quantitative estimate of drug-likeness (QED) is 0.574. The number of amides is 3. The molecule has 1 aliphatic heterocycles. The first-order valence-electron chi connectivity index (χ1n) is 10.5. The molecular weight excluding hydrogens is 458 g/mol. The highest BCUT2D eigenvalue weighted by Gasteiger charge is 2.40. The molecule has 0 spiro atoms. The van der Waals surface area contributed by atoms with E-state index in [4.69, 9.17) is 9.47 Å². The topological polar surface area (TPSA) is 71.1 Å². The lowest BCUT2D eigenvalue weighted by Gasteiger charge is -2.34. The molecule has 1 fully saturated rings. The van der Waals surface area contributed by atoms with Crippen LogP contribution in [0.4, 0.5) is 28.0 Å². The van der Waals surface area contributed by atoms with Crippen LogP contribution in [0.3, 0.4) is 0 Å². The second-order valence-electron chi connectivity index (χ2n) is 7.70. The van der Waals surface area contributed by atoms with Crippen molar-refractivity contribution in [3.8, 4) is 5.75 Å². The first-order chi connectivity index (χ1) is 16.2. The highest BCUT2D eigenvalue weighted by atomic mass is 19.3. The molecule has 184 valence electrons. The van der Waals surface area contributed by atoms with Crippen LogP contribution in [0.15, 0.2) is 48.5 Å². The molecule has 1 heterocycles. The number of hydrogen-bond donors (Lipinski definition) is 1. The van der Waals surface area contributed by atoms with E-state index in [-0.39, 0.29) is 18.5 Å². The van der Waals surface area contributed by atoms with E-state index in [1.54, 1.807) is 52.3 Å². The van der Waals surface area contributed by atoms with Gasteiger partial charge in [-0.3, -0.25) is 4.79 Å². The number of benzene rings is 2. The minimum Gasteiger partial charge on any atom is -0.497 e. The number of rotatable bonds is 8. The third-order valence-corrected chi connectivity index (χ3v) is 5.23. The molecule has 7 nitrogen and oxygen atoms in total. The number of carbonyl (C=O) groups excluding carboxylic acids is 2. The van der Waals surface area contributed by atoms with Crippen LogP contribution in [0, 0.1) is 0 Å². The lowest BCUT2D eigenvalue weighted by atomic mass is 10.1. The zero-order valence-electron chi connectivity index (χ0n) is 18.5. The molecular formula is C23H25F4N3O4. The van der Waals surface area contributed by atoms with Crippen molar-refractivity contribution in [2.45, 2.75) is 19.0 Å². The summed E-state index contributed by atoms with van der Waals surface area (Å²) in [7, 11) is 1.52. The largest absolute Gasteiger partial charge is 0.497 e. The number of anilines is 1. The standard InChI is InChI=1S/C23H25F4N3O4/c1-33-19-7-3-5-17(13-19)20(31)29-8-10-30(11-9-29)22(32)28-18-6-2-4-16(12-18)14-34-15-23(26,27)21(24)25/h2-7,12-13,21H,8-11,14-15H2,1H3,(H,28,32). The van der Waals surface area contributed by atoms with Crippen molar-refractivity contribution in [2.24, 2.45) is 0 Å². The molecule has 0 aromatic heterocycles. The summed E-state index contributed by atoms with van der Waals surface area (Å²) < 4.78 is 60.1. The Kier molecular flexibility index (Phi) is 8.32. The van der Waals surface area contributed by atoms with Gasteiger partial charge in [0.2, 0.25) is 0 Å². The van der Waals surface area contributed by atoms with E-state index in [2.05, 4.69) is 5.32 Å². The lowest BCUT2D eigenvalue weighted by Crippen LogP contribution is -2.51. The molecule has 0 radical (unpaired) electrons. The van der Waals surface area contributed by atoms with Crippen LogP contribution in [0.2, 0.25) is 0 Å². The van der Waals surface area contributed by atoms with Gasteiger partial charge in [0.25, 0.3) is 5.91 Å². The summed E-state index contributed by atoms with van der Waals surface area (Å²) in [6.07, 6.45) is -3.80. The molecule has 34 heavy (non-hydrogen) atoms. The molecule has 11 heteroatoms. The normalized spacial score (nSPS) is 14.3. The summed E-state index contributed by atoms with van der Waals surface area (Å²) >= 11 is 0. The van der Waals surface area contributed by atoms with Gasteiger partial charge in [0.05, 0.1) is 13.7 Å². The number of hydrogen-bond acceptors (Lipinski definition) is 4. The highest BCUT2D eigenvalue weighted by Crippen LogP contribution is 2.23. The van der Waals surface area contributed by atoms with E-state index in [0.29, 0.717) is 48.7 Å². The molecule has 0 aliphatic carbocycles. The van der Waals surface area contributed by atoms with Gasteiger partial charge < -0.3 is 24.6 Å². The van der Waals surface area contributed by atoms with Crippen LogP contribution in [0.5, 0.6) is 5.75 Å². The van der Waals surface area contributed by atoms with Crippen LogP contribution in [-0.4, -0.2) is 74.0 Å². The van der Waals surface area contributed by atoms with Gasteiger partial charge in [-0.1, -0.05) is 18.2 Å². The Morgan fingerprint density at radius 1 is 1.03 bits per heavy atom. The van der Waals surface area contributed by atoms with Gasteiger partial charge in [-0.05, 0) is 35.9 Å². The summed E-state index contributed by atoms with van der Waals surface area (Å²) in [4.78, 5) is 28.5. The van der Waals surface area contributed by atoms with E-state index >= 15 is 0 Å². The summed E-state index contributed by atoms with van der Waals surface area (Å²) in [5.41, 5.74) is 1.35. The Morgan fingerprint density at radius 2 is 1.71 bits per heavy atom. The molecule has 3 amide bonds. The maximum atomic E-state index is 12.9. The van der Waals surface area contributed by atoms with Crippen LogP contribution < -0.4 is 10.1 Å². The fraction of sp³-hybridized carbons (Fsp3) is 0.391. The third kappa shape index (κ3) is 6.60. The first-order valence-corrected chi connectivity index (χ1v) is 10.5. The number of carbonyl (C=O) groups is 2. The molecule has 0 bridgehead atoms. The van der Waals surface area contributed by atoms with Crippen molar-refractivity contribution < 1.29 is 36.6 Å². The van der Waals surface area contributed by atoms with Gasteiger partial charge in [-0.15, -0.1) is 0 Å². The van der Waals surface area contributed by atoms with E-state index < -0.39 is 19.0 Å². The number of halogens is 4. The zero-order chi connectivity index (χ0) is 24.7. The van der Waals surface area contributed by atoms with Crippen molar-refractivity contribution in [1.82, 2.24) is 9.80 Å². The van der Waals surface area contributed by atoms with E-state index in [9.17, 15) is 27.2 Å². The van der Waals surface area contributed by atoms with E-state index in [0.717, 1.165) is 0 Å². The van der Waals surface area contributed by atoms with Gasteiger partial charge >= 0.3 is 18.4 Å². The number of piperazine rings is 1. The highest BCUT2D eigenvalue weighted by molar-refractivity contribution is 5.95. The van der Waals surface area contributed by atoms with E-state index in [1.165, 1.54) is 13.2 Å². The fourth-order valence-electron chi connectivity index (χ4n) is 3.36. The summed E-state index contributed by atoms with van der Waals surface area (Å²) in [5, 5.41) is 2.71. The summed E-state index contributed by atoms with van der Waals surface area (Å²) in [5.74, 6) is -3.79. The molecule has 1 N–H and O–H groups in total. The lowest BCUT2D eigenvalue weighted by molar-refractivity contribution is -0.168. The molecule has 2 aromatic rings. The van der Waals surface area contributed by atoms with Crippen molar-refractivity contribution >= 4 is 17.6 Å². The number of nitrogens with zero attached hydrogens (tertiary/aromatic N) is 2. The van der Waals surface area contributed by atoms with Gasteiger partial charge in [-0.25, -0.2) is 13.6 Å². The SMILES string of the molecule is COc1cccc(C(=O)N2CCN(C(=O)Nc3cccc(COCC(F)(F)C(F)F)c3)CC2)c1. The van der Waals surface area contributed by atoms with Crippen molar-refractivity contribution in [3.05, 3.63) is 59.7 Å². The Balaban J connectivity index is 1.49. The Morgan fingerprint density at radius 3 is 2.38 bits per heavy atom. The van der Waals surface area contributed by atoms with Crippen LogP contribution in [0.25, 0.3) is 0 Å². The first kappa shape index (κ1) is 25.3. The molecule has 0 unspecified atom stereocenters. The van der Waals surface area contributed by atoms with Crippen molar-refractivity contribution in [2.75, 3.05) is 45.2 Å². The molecule has 0 atom stereocenters. The molecule has 0 saturated carbocycles. The Bertz CT molecular complexity index is 998. The fourth-order valence-corrected chi connectivity index (χ4v) is 3.36. The Hall–Kier alpha value is -3.34. The predicted molar refractivity (Wildman–Crippen MR) is 117 cm³/mol. The van der Waals surface area contributed by atoms with Crippen LogP contribution in [-0.2, 0) is 11.3 Å². The van der Waals surface area contributed by atoms with Gasteiger partial charge in [-0.2, -0.15) is 8.78 Å². The van der Waals surface area contributed by atoms with Crippen LogP contribution in [0.1, 0.15) is 15.9 Å². The second kappa shape index (κ2) is 11.2. The molecule has 2 aromatic carbocycles. The van der Waals surface area contributed by atoms with Crippen molar-refractivity contribution in [1.29, 1.82) is 0 Å². The average molecular weight is 483 g/mol. The van der Waals surface area contributed by atoms with Crippen LogP contribution >= 0.6 is 0 Å². The van der Waals surface area contributed by atoms with E-state index in [1.807, 2.05) is 0 Å². The number of ether oxygens (including phenoxy) is 2. The molecule has 1 saturated heterocycles. The van der Waals surface area contributed by atoms with Gasteiger partial charge in [0.15, 0.2) is 0 Å². The predicted octanol–water partition coefficient (Wildman–Crippen LogP) is 4.10. The number of urea groups is 1. The zero-order valence-corrected chi connectivity index (χ0v) is 18.5. The van der Waals surface area contributed by atoms with Gasteiger partial charge in [0.1, 0.15) is 12.4 Å². The minimum absolute atomic E-state index is 0.149. The average Bonchev–Trinajstić information content (AvgIpc) is 2.83. The molecule has 3 rings (SSSR count). The van der Waals surface area contributed by atoms with Crippen molar-refractivity contribution in [3.63, 3.8) is 0 Å². The summed E-state index contributed by atoms with van der Waals surface area (Å²) in [6, 6.07) is 12.7. The maximum Gasteiger partial charge on any atom is 0.330 e. The Labute approximate surface area is 194 Å².